The van der Waals surface area contributed by atoms with Gasteiger partial charge in [0.2, 0.25) is 0 Å². The summed E-state index contributed by atoms with van der Waals surface area (Å²) in [6.07, 6.45) is 6.35. The first-order chi connectivity index (χ1) is 11.4. The van der Waals surface area contributed by atoms with E-state index in [0.717, 1.165) is 48.2 Å². The number of pyridine rings is 1. The van der Waals surface area contributed by atoms with Gasteiger partial charge in [0.25, 0.3) is 0 Å². The zero-order valence-corrected chi connectivity index (χ0v) is 13.0. The largest absolute Gasteiger partial charge is 0.396 e. The van der Waals surface area contributed by atoms with Crippen LogP contribution < -0.4 is 5.32 Å². The predicted octanol–water partition coefficient (Wildman–Crippen LogP) is 2.25. The van der Waals surface area contributed by atoms with E-state index in [1.165, 1.54) is 0 Å². The Bertz CT molecular complexity index is 750. The van der Waals surface area contributed by atoms with Crippen LogP contribution in [-0.2, 0) is 13.0 Å². The number of nitrogens with zero attached hydrogens (tertiary/aromatic N) is 4. The molecule has 0 amide bonds. The molecular weight excluding hydrogens is 290 g/mol. The molecule has 2 aromatic heterocycles. The number of hydrogen-bond donors (Lipinski definition) is 2. The van der Waals surface area contributed by atoms with Crippen molar-refractivity contribution in [3.8, 4) is 0 Å². The van der Waals surface area contributed by atoms with Gasteiger partial charge >= 0.3 is 0 Å². The summed E-state index contributed by atoms with van der Waals surface area (Å²) in [6, 6.07) is 10.2. The molecule has 0 aliphatic carbocycles. The number of rotatable bonds is 8. The summed E-state index contributed by atoms with van der Waals surface area (Å²) in [5, 5.41) is 21.5. The van der Waals surface area contributed by atoms with Crippen molar-refractivity contribution >= 4 is 16.6 Å². The molecule has 0 saturated heterocycles. The first kappa shape index (κ1) is 15.4. The van der Waals surface area contributed by atoms with Crippen LogP contribution in [0.2, 0.25) is 0 Å². The van der Waals surface area contributed by atoms with Crippen LogP contribution in [0.4, 0.5) is 5.69 Å². The van der Waals surface area contributed by atoms with Crippen LogP contribution in [0.1, 0.15) is 18.5 Å². The number of aliphatic hydroxyl groups is 1. The van der Waals surface area contributed by atoms with Crippen LogP contribution in [-0.4, -0.2) is 38.2 Å². The highest BCUT2D eigenvalue weighted by Gasteiger charge is 2.02. The third-order valence-electron chi connectivity index (χ3n) is 3.72. The van der Waals surface area contributed by atoms with Gasteiger partial charge in [-0.3, -0.25) is 9.67 Å². The Balaban J connectivity index is 1.45. The summed E-state index contributed by atoms with van der Waals surface area (Å²) in [5.74, 6) is 0. The Kier molecular flexibility index (Phi) is 5.16. The maximum atomic E-state index is 8.87. The second kappa shape index (κ2) is 7.69. The number of aliphatic hydroxyl groups excluding tert-OH is 1. The minimum atomic E-state index is 0.113. The van der Waals surface area contributed by atoms with Gasteiger partial charge in [-0.2, -0.15) is 0 Å². The molecule has 0 unspecified atom stereocenters. The van der Waals surface area contributed by atoms with Crippen molar-refractivity contribution in [3.63, 3.8) is 0 Å². The van der Waals surface area contributed by atoms with Gasteiger partial charge in [-0.25, -0.2) is 0 Å². The molecule has 0 saturated carbocycles. The van der Waals surface area contributed by atoms with E-state index < -0.39 is 0 Å². The van der Waals surface area contributed by atoms with Crippen LogP contribution in [0.3, 0.4) is 0 Å². The molecule has 0 bridgehead atoms. The highest BCUT2D eigenvalue weighted by molar-refractivity contribution is 5.90. The maximum absolute atomic E-state index is 8.87. The lowest BCUT2D eigenvalue weighted by Crippen LogP contribution is -2.05. The summed E-state index contributed by atoms with van der Waals surface area (Å²) >= 11 is 0. The van der Waals surface area contributed by atoms with Gasteiger partial charge in [0.15, 0.2) is 0 Å². The van der Waals surface area contributed by atoms with E-state index in [1.807, 2.05) is 29.2 Å². The third kappa shape index (κ3) is 4.04. The van der Waals surface area contributed by atoms with E-state index in [1.54, 1.807) is 0 Å². The highest BCUT2D eigenvalue weighted by atomic mass is 16.3. The Labute approximate surface area is 135 Å². The standard InChI is InChI=1S/C17H21N5O/c23-12-8-15-13-22(21-20-15)11-2-1-9-18-16-7-3-5-14-6-4-10-19-17(14)16/h3-7,10,13,18,23H,1-2,8-9,11-12H2. The number of para-hydroxylation sites is 1. The van der Waals surface area contributed by atoms with Crippen molar-refractivity contribution in [2.24, 2.45) is 0 Å². The summed E-state index contributed by atoms with van der Waals surface area (Å²) in [6.45, 7) is 1.85. The average Bonchev–Trinajstić information content (AvgIpc) is 3.02. The molecule has 120 valence electrons. The highest BCUT2D eigenvalue weighted by Crippen LogP contribution is 2.20. The first-order valence-corrected chi connectivity index (χ1v) is 7.94. The minimum absolute atomic E-state index is 0.113. The fraction of sp³-hybridized carbons (Fsp3) is 0.353. The maximum Gasteiger partial charge on any atom is 0.0933 e. The summed E-state index contributed by atoms with van der Waals surface area (Å²) in [4.78, 5) is 4.44. The first-order valence-electron chi connectivity index (χ1n) is 7.94. The van der Waals surface area contributed by atoms with Crippen LogP contribution in [0, 0.1) is 0 Å². The smallest absolute Gasteiger partial charge is 0.0933 e. The van der Waals surface area contributed by atoms with Crippen molar-refractivity contribution in [1.29, 1.82) is 0 Å². The van der Waals surface area contributed by atoms with Gasteiger partial charge < -0.3 is 10.4 Å². The van der Waals surface area contributed by atoms with Crippen molar-refractivity contribution < 1.29 is 5.11 Å². The second-order valence-corrected chi connectivity index (χ2v) is 5.46. The molecule has 3 rings (SSSR count). The SMILES string of the molecule is OCCc1cn(CCCCNc2cccc3cccnc23)nn1. The zero-order chi connectivity index (χ0) is 15.9. The lowest BCUT2D eigenvalue weighted by molar-refractivity contribution is 0.298. The van der Waals surface area contributed by atoms with Gasteiger partial charge in [0, 0.05) is 43.9 Å². The molecule has 0 aliphatic rings. The summed E-state index contributed by atoms with van der Waals surface area (Å²) in [5.41, 5.74) is 2.93. The van der Waals surface area contributed by atoms with Crippen molar-refractivity contribution in [3.05, 3.63) is 48.4 Å². The number of anilines is 1. The molecule has 2 N–H and O–H groups in total. The second-order valence-electron chi connectivity index (χ2n) is 5.46. The average molecular weight is 311 g/mol. The molecule has 0 atom stereocenters. The lowest BCUT2D eigenvalue weighted by atomic mass is 10.2. The van der Waals surface area contributed by atoms with E-state index >= 15 is 0 Å². The van der Waals surface area contributed by atoms with E-state index in [-0.39, 0.29) is 6.61 Å². The third-order valence-corrected chi connectivity index (χ3v) is 3.72. The number of nitrogens with one attached hydrogen (secondary N) is 1. The van der Waals surface area contributed by atoms with Gasteiger partial charge in [0.1, 0.15) is 0 Å². The normalized spacial score (nSPS) is 11.0. The van der Waals surface area contributed by atoms with E-state index in [2.05, 4.69) is 38.8 Å². The van der Waals surface area contributed by atoms with Crippen LogP contribution in [0.25, 0.3) is 10.9 Å². The number of aryl methyl sites for hydroxylation is 1. The number of aromatic nitrogens is 4. The van der Waals surface area contributed by atoms with E-state index in [4.69, 9.17) is 5.11 Å². The number of benzene rings is 1. The van der Waals surface area contributed by atoms with Crippen molar-refractivity contribution in [1.82, 2.24) is 20.0 Å². The molecule has 6 nitrogen and oxygen atoms in total. The van der Waals surface area contributed by atoms with E-state index in [9.17, 15) is 0 Å². The van der Waals surface area contributed by atoms with Crippen molar-refractivity contribution in [2.45, 2.75) is 25.8 Å². The Hall–Kier alpha value is -2.47. The summed E-state index contributed by atoms with van der Waals surface area (Å²) in [7, 11) is 0. The van der Waals surface area contributed by atoms with Crippen molar-refractivity contribution in [2.75, 3.05) is 18.5 Å². The predicted molar refractivity (Wildman–Crippen MR) is 90.3 cm³/mol. The molecule has 3 aromatic rings. The Morgan fingerprint density at radius 3 is 2.96 bits per heavy atom. The molecule has 0 fully saturated rings. The molecule has 1 aromatic carbocycles. The molecule has 0 aliphatic heterocycles. The fourth-order valence-electron chi connectivity index (χ4n) is 2.55. The molecular formula is C17H21N5O. The number of fused-ring (bicyclic) bond motifs is 1. The number of unbranched alkanes of at least 4 members (excludes halogenated alkanes) is 1. The Morgan fingerprint density at radius 2 is 2.04 bits per heavy atom. The molecule has 23 heavy (non-hydrogen) atoms. The lowest BCUT2D eigenvalue weighted by Gasteiger charge is -2.08. The molecule has 0 spiro atoms. The monoisotopic (exact) mass is 311 g/mol. The molecule has 2 heterocycles. The topological polar surface area (TPSA) is 75.9 Å². The van der Waals surface area contributed by atoms with Gasteiger partial charge in [0.05, 0.1) is 16.9 Å². The zero-order valence-electron chi connectivity index (χ0n) is 13.0. The van der Waals surface area contributed by atoms with E-state index in [0.29, 0.717) is 6.42 Å². The van der Waals surface area contributed by atoms with Crippen LogP contribution >= 0.6 is 0 Å². The fourth-order valence-corrected chi connectivity index (χ4v) is 2.55. The molecule has 6 heteroatoms. The minimum Gasteiger partial charge on any atom is -0.396 e. The Morgan fingerprint density at radius 1 is 1.13 bits per heavy atom. The van der Waals surface area contributed by atoms with Crippen LogP contribution in [0.15, 0.2) is 42.7 Å². The number of hydrogen-bond acceptors (Lipinski definition) is 5. The van der Waals surface area contributed by atoms with Gasteiger partial charge in [-0.15, -0.1) is 5.10 Å². The van der Waals surface area contributed by atoms with Gasteiger partial charge in [-0.05, 0) is 25.0 Å². The molecule has 0 radical (unpaired) electrons. The quantitative estimate of drug-likeness (QED) is 0.624. The summed E-state index contributed by atoms with van der Waals surface area (Å²) < 4.78 is 1.84. The van der Waals surface area contributed by atoms with Crippen LogP contribution in [0.5, 0.6) is 0 Å². The van der Waals surface area contributed by atoms with Gasteiger partial charge in [-0.1, -0.05) is 23.4 Å².